The van der Waals surface area contributed by atoms with Crippen molar-refractivity contribution in [1.82, 2.24) is 0 Å². The normalized spacial score (nSPS) is 16.0. The van der Waals surface area contributed by atoms with Crippen molar-refractivity contribution in [2.45, 2.75) is 17.7 Å². The van der Waals surface area contributed by atoms with Crippen molar-refractivity contribution in [1.29, 1.82) is 0 Å². The number of benzene rings is 1. The summed E-state index contributed by atoms with van der Waals surface area (Å²) in [5.41, 5.74) is 1.31. The summed E-state index contributed by atoms with van der Waals surface area (Å²) in [6, 6.07) is 5.78. The van der Waals surface area contributed by atoms with Crippen LogP contribution in [0.4, 0.5) is 0 Å². The van der Waals surface area contributed by atoms with Crippen molar-refractivity contribution in [3.05, 3.63) is 23.8 Å². The lowest BCUT2D eigenvalue weighted by Gasteiger charge is -2.15. The molecule has 1 nitrogen and oxygen atoms in total. The monoisotopic (exact) mass is 166 g/mol. The summed E-state index contributed by atoms with van der Waals surface area (Å²) >= 11 is 1.77. The van der Waals surface area contributed by atoms with E-state index in [-0.39, 0.29) is 0 Å². The summed E-state index contributed by atoms with van der Waals surface area (Å²) in [5, 5.41) is 9.44. The van der Waals surface area contributed by atoms with Crippen molar-refractivity contribution < 1.29 is 5.11 Å². The van der Waals surface area contributed by atoms with Crippen LogP contribution >= 0.6 is 11.8 Å². The van der Waals surface area contributed by atoms with Gasteiger partial charge in [-0.05, 0) is 30.2 Å². The first kappa shape index (κ1) is 7.04. The van der Waals surface area contributed by atoms with Crippen LogP contribution in [-0.4, -0.2) is 10.9 Å². The topological polar surface area (TPSA) is 20.2 Å². The molecule has 0 fully saturated rings. The number of hydrogen-bond acceptors (Lipinski definition) is 2. The third-order valence-corrected chi connectivity index (χ3v) is 3.17. The molecule has 0 spiro atoms. The molecule has 0 saturated heterocycles. The molecule has 2 heteroatoms. The van der Waals surface area contributed by atoms with Gasteiger partial charge in [0.1, 0.15) is 5.75 Å². The van der Waals surface area contributed by atoms with Crippen LogP contribution in [0.25, 0.3) is 0 Å². The predicted molar refractivity (Wildman–Crippen MR) is 47.2 cm³/mol. The molecule has 0 amide bonds. The first-order valence-electron chi connectivity index (χ1n) is 3.81. The van der Waals surface area contributed by atoms with Crippen molar-refractivity contribution in [2.75, 3.05) is 5.75 Å². The van der Waals surface area contributed by atoms with Crippen molar-refractivity contribution >= 4 is 11.8 Å². The van der Waals surface area contributed by atoms with E-state index in [0.29, 0.717) is 5.75 Å². The van der Waals surface area contributed by atoms with E-state index >= 15 is 0 Å². The molecule has 0 saturated carbocycles. The largest absolute Gasteiger partial charge is 0.507 e. The number of phenols is 1. The molecule has 58 valence electrons. The van der Waals surface area contributed by atoms with Gasteiger partial charge in [-0.15, -0.1) is 11.8 Å². The Morgan fingerprint density at radius 3 is 3.09 bits per heavy atom. The van der Waals surface area contributed by atoms with Crippen molar-refractivity contribution in [3.8, 4) is 5.75 Å². The molecule has 0 bridgehead atoms. The minimum absolute atomic E-state index is 0.451. The quantitative estimate of drug-likeness (QED) is 0.638. The minimum Gasteiger partial charge on any atom is -0.507 e. The van der Waals surface area contributed by atoms with Gasteiger partial charge >= 0.3 is 0 Å². The van der Waals surface area contributed by atoms with Crippen LogP contribution in [0.15, 0.2) is 23.1 Å². The molecule has 1 aromatic carbocycles. The molecule has 11 heavy (non-hydrogen) atoms. The highest BCUT2D eigenvalue weighted by atomic mass is 32.2. The van der Waals surface area contributed by atoms with Gasteiger partial charge in [0.2, 0.25) is 0 Å². The summed E-state index contributed by atoms with van der Waals surface area (Å²) in [6.45, 7) is 0. The first-order valence-corrected chi connectivity index (χ1v) is 4.80. The highest BCUT2D eigenvalue weighted by molar-refractivity contribution is 7.99. The van der Waals surface area contributed by atoms with Crippen LogP contribution < -0.4 is 0 Å². The third kappa shape index (κ3) is 1.23. The minimum atomic E-state index is 0.451. The SMILES string of the molecule is Oc1cccc2c1SCCC2. The van der Waals surface area contributed by atoms with Gasteiger partial charge in [0.05, 0.1) is 4.90 Å². The zero-order valence-corrected chi connectivity index (χ0v) is 7.03. The molecule has 0 radical (unpaired) electrons. The Labute approximate surface area is 70.4 Å². The maximum absolute atomic E-state index is 9.44. The second-order valence-electron chi connectivity index (χ2n) is 2.72. The van der Waals surface area contributed by atoms with E-state index in [1.807, 2.05) is 6.07 Å². The van der Waals surface area contributed by atoms with Crippen LogP contribution in [0.2, 0.25) is 0 Å². The van der Waals surface area contributed by atoms with E-state index in [1.54, 1.807) is 17.8 Å². The standard InChI is InChI=1S/C9H10OS/c10-8-5-1-3-7-4-2-6-11-9(7)8/h1,3,5,10H,2,4,6H2. The number of phenolic OH excluding ortho intramolecular Hbond substituents is 1. The fourth-order valence-corrected chi connectivity index (χ4v) is 2.44. The fraction of sp³-hybridized carbons (Fsp3) is 0.333. The molecule has 2 rings (SSSR count). The van der Waals surface area contributed by atoms with Gasteiger partial charge in [-0.2, -0.15) is 0 Å². The summed E-state index contributed by atoms with van der Waals surface area (Å²) in [6.07, 6.45) is 2.36. The van der Waals surface area contributed by atoms with E-state index in [2.05, 4.69) is 6.07 Å². The molecule has 0 atom stereocenters. The van der Waals surface area contributed by atoms with Gasteiger partial charge in [0.15, 0.2) is 0 Å². The number of thioether (sulfide) groups is 1. The molecule has 1 aromatic rings. The third-order valence-electron chi connectivity index (χ3n) is 1.91. The Morgan fingerprint density at radius 2 is 2.27 bits per heavy atom. The molecular formula is C9H10OS. The van der Waals surface area contributed by atoms with E-state index in [0.717, 1.165) is 17.1 Å². The van der Waals surface area contributed by atoms with Gasteiger partial charge < -0.3 is 5.11 Å². The lowest BCUT2D eigenvalue weighted by Crippen LogP contribution is -1.97. The van der Waals surface area contributed by atoms with Gasteiger partial charge in [-0.1, -0.05) is 12.1 Å². The smallest absolute Gasteiger partial charge is 0.129 e. The van der Waals surface area contributed by atoms with Crippen LogP contribution in [0.5, 0.6) is 5.75 Å². The van der Waals surface area contributed by atoms with Crippen molar-refractivity contribution in [2.24, 2.45) is 0 Å². The Bertz CT molecular complexity index is 270. The average molecular weight is 166 g/mol. The van der Waals surface area contributed by atoms with Gasteiger partial charge in [0.25, 0.3) is 0 Å². The molecule has 1 aliphatic rings. The van der Waals surface area contributed by atoms with Crippen LogP contribution in [-0.2, 0) is 6.42 Å². The molecule has 0 aliphatic carbocycles. The number of aryl methyl sites for hydroxylation is 1. The van der Waals surface area contributed by atoms with Crippen LogP contribution in [0.1, 0.15) is 12.0 Å². The van der Waals surface area contributed by atoms with Crippen LogP contribution in [0.3, 0.4) is 0 Å². The lowest BCUT2D eigenvalue weighted by atomic mass is 10.1. The highest BCUT2D eigenvalue weighted by Gasteiger charge is 2.11. The Kier molecular flexibility index (Phi) is 1.78. The Balaban J connectivity index is 2.49. The van der Waals surface area contributed by atoms with Crippen molar-refractivity contribution in [3.63, 3.8) is 0 Å². The summed E-state index contributed by atoms with van der Waals surface area (Å²) < 4.78 is 0. The predicted octanol–water partition coefficient (Wildman–Crippen LogP) is 2.43. The summed E-state index contributed by atoms with van der Waals surface area (Å²) in [5.74, 6) is 1.59. The summed E-state index contributed by atoms with van der Waals surface area (Å²) in [7, 11) is 0. The number of rotatable bonds is 0. The lowest BCUT2D eigenvalue weighted by molar-refractivity contribution is 0.460. The van der Waals surface area contributed by atoms with Crippen LogP contribution in [0, 0.1) is 0 Å². The molecular weight excluding hydrogens is 156 g/mol. The molecule has 0 unspecified atom stereocenters. The van der Waals surface area contributed by atoms with E-state index < -0.39 is 0 Å². The zero-order chi connectivity index (χ0) is 7.68. The molecule has 1 heterocycles. The second-order valence-corrected chi connectivity index (χ2v) is 3.82. The van der Waals surface area contributed by atoms with Gasteiger partial charge in [0, 0.05) is 0 Å². The fourth-order valence-electron chi connectivity index (χ4n) is 1.37. The molecule has 1 aliphatic heterocycles. The Hall–Kier alpha value is -0.630. The molecule has 1 N–H and O–H groups in total. The average Bonchev–Trinajstić information content (AvgIpc) is 2.06. The van der Waals surface area contributed by atoms with Gasteiger partial charge in [-0.3, -0.25) is 0 Å². The Morgan fingerprint density at radius 1 is 1.36 bits per heavy atom. The van der Waals surface area contributed by atoms with E-state index in [9.17, 15) is 5.11 Å². The maximum atomic E-state index is 9.44. The zero-order valence-electron chi connectivity index (χ0n) is 6.21. The maximum Gasteiger partial charge on any atom is 0.129 e. The second kappa shape index (κ2) is 2.78. The van der Waals surface area contributed by atoms with Gasteiger partial charge in [-0.25, -0.2) is 0 Å². The van der Waals surface area contributed by atoms with E-state index in [1.165, 1.54) is 12.0 Å². The first-order chi connectivity index (χ1) is 5.38. The number of aromatic hydroxyl groups is 1. The number of fused-ring (bicyclic) bond motifs is 1. The highest BCUT2D eigenvalue weighted by Crippen LogP contribution is 2.36. The molecule has 0 aromatic heterocycles. The van der Waals surface area contributed by atoms with E-state index in [4.69, 9.17) is 0 Å². The summed E-state index contributed by atoms with van der Waals surface area (Å²) in [4.78, 5) is 1.10. The number of hydrogen-bond donors (Lipinski definition) is 1.